The molecule has 0 aromatic heterocycles. The van der Waals surface area contributed by atoms with E-state index in [2.05, 4.69) is 12.8 Å². The lowest BCUT2D eigenvalue weighted by atomic mass is 9.52. The normalized spacial score (nSPS) is 37.5. The molecule has 0 radical (unpaired) electrons. The van der Waals surface area contributed by atoms with E-state index in [0.717, 1.165) is 30.4 Å². The van der Waals surface area contributed by atoms with Crippen LogP contribution < -0.4 is 4.74 Å². The van der Waals surface area contributed by atoms with Crippen LogP contribution in [0.4, 0.5) is 0 Å². The highest BCUT2D eigenvalue weighted by atomic mass is 16.6. The van der Waals surface area contributed by atoms with Crippen LogP contribution in [-0.4, -0.2) is 28.8 Å². The lowest BCUT2D eigenvalue weighted by Gasteiger charge is -2.54. The highest BCUT2D eigenvalue weighted by Crippen LogP contribution is 2.65. The molecule has 0 amide bonds. The summed E-state index contributed by atoms with van der Waals surface area (Å²) < 4.78 is 11.0. The predicted molar refractivity (Wildman–Crippen MR) is 107 cm³/mol. The van der Waals surface area contributed by atoms with Crippen molar-refractivity contribution >= 4 is 11.9 Å². The quantitative estimate of drug-likeness (QED) is 0.471. The fraction of sp³-hybridized carbons (Fsp3) is 0.583. The maximum Gasteiger partial charge on any atom is 0.308 e. The lowest BCUT2D eigenvalue weighted by molar-refractivity contribution is -0.171. The summed E-state index contributed by atoms with van der Waals surface area (Å²) >= 11 is 0. The molecular weight excluding hydrogens is 368 g/mol. The SMILES string of the molecule is C#C[C@@]1(OC(C)=O)CC[C@@H]2[C@@H]3CCc4cc(OC(C)=O)ccc4[C@@H]3[C@H](O)C[C@]21C. The first-order valence-corrected chi connectivity index (χ1v) is 10.4. The van der Waals surface area contributed by atoms with Gasteiger partial charge in [-0.15, -0.1) is 6.42 Å². The van der Waals surface area contributed by atoms with Gasteiger partial charge in [0.25, 0.3) is 0 Å². The van der Waals surface area contributed by atoms with Crippen LogP contribution in [-0.2, 0) is 20.7 Å². The number of aryl methyl sites for hydroxylation is 1. The standard InChI is InChI=1S/C24H28O5/c1-5-24(29-15(3)26)11-10-20-19-8-6-16-12-17(28-14(2)25)7-9-18(16)22(19)21(27)13-23(20,24)4/h1,7,9,12,19-22,27H,6,8,10-11,13H2,2-4H3/t19-,20+,21+,22-,23+,24+/m0/s1. The zero-order valence-electron chi connectivity index (χ0n) is 17.2. The van der Waals surface area contributed by atoms with Crippen LogP contribution in [0, 0.1) is 29.6 Å². The zero-order valence-corrected chi connectivity index (χ0v) is 17.2. The summed E-state index contributed by atoms with van der Waals surface area (Å²) in [5.74, 6) is 3.24. The molecule has 29 heavy (non-hydrogen) atoms. The summed E-state index contributed by atoms with van der Waals surface area (Å²) in [4.78, 5) is 23.1. The number of carbonyl (C=O) groups is 2. The maximum absolute atomic E-state index is 11.8. The van der Waals surface area contributed by atoms with E-state index in [1.54, 1.807) is 0 Å². The van der Waals surface area contributed by atoms with Crippen molar-refractivity contribution in [3.8, 4) is 18.1 Å². The largest absolute Gasteiger partial charge is 0.445 e. The van der Waals surface area contributed by atoms with Crippen molar-refractivity contribution in [2.24, 2.45) is 17.3 Å². The van der Waals surface area contributed by atoms with E-state index in [0.29, 0.717) is 18.6 Å². The van der Waals surface area contributed by atoms with Gasteiger partial charge < -0.3 is 14.6 Å². The van der Waals surface area contributed by atoms with Crippen LogP contribution in [0.2, 0.25) is 0 Å². The Hall–Kier alpha value is -2.32. The Morgan fingerprint density at radius 2 is 2.00 bits per heavy atom. The smallest absolute Gasteiger partial charge is 0.308 e. The summed E-state index contributed by atoms with van der Waals surface area (Å²) in [6, 6.07) is 5.72. The molecule has 0 unspecified atom stereocenters. The summed E-state index contributed by atoms with van der Waals surface area (Å²) in [5.41, 5.74) is 0.879. The number of fused-ring (bicyclic) bond motifs is 5. The zero-order chi connectivity index (χ0) is 21.0. The third-order valence-corrected chi connectivity index (χ3v) is 7.61. The van der Waals surface area contributed by atoms with E-state index < -0.39 is 17.1 Å². The molecule has 4 rings (SSSR count). The van der Waals surface area contributed by atoms with Crippen LogP contribution in [0.15, 0.2) is 18.2 Å². The molecule has 0 saturated heterocycles. The third kappa shape index (κ3) is 2.97. The Bertz CT molecular complexity index is 899. The molecule has 0 aliphatic heterocycles. The first-order chi connectivity index (χ1) is 13.7. The molecule has 0 heterocycles. The summed E-state index contributed by atoms with van der Waals surface area (Å²) in [5, 5.41) is 11.2. The van der Waals surface area contributed by atoms with Gasteiger partial charge in [-0.3, -0.25) is 9.59 Å². The number of hydrogen-bond donors (Lipinski definition) is 1. The Kier molecular flexibility index (Phi) is 4.74. The van der Waals surface area contributed by atoms with Crippen molar-refractivity contribution in [2.75, 3.05) is 0 Å². The number of aliphatic hydroxyl groups excluding tert-OH is 1. The average Bonchev–Trinajstić information content (AvgIpc) is 2.92. The minimum atomic E-state index is -0.949. The summed E-state index contributed by atoms with van der Waals surface area (Å²) in [6.45, 7) is 4.88. The van der Waals surface area contributed by atoms with Crippen molar-refractivity contribution in [1.82, 2.24) is 0 Å². The Balaban J connectivity index is 1.69. The number of hydrogen-bond acceptors (Lipinski definition) is 5. The van der Waals surface area contributed by atoms with Crippen LogP contribution in [0.5, 0.6) is 5.75 Å². The average molecular weight is 396 g/mol. The van der Waals surface area contributed by atoms with E-state index in [-0.39, 0.29) is 29.7 Å². The lowest BCUT2D eigenvalue weighted by Crippen LogP contribution is -2.55. The van der Waals surface area contributed by atoms with Gasteiger partial charge in [0, 0.05) is 25.2 Å². The number of rotatable bonds is 2. The molecule has 6 atom stereocenters. The Morgan fingerprint density at radius 3 is 2.66 bits per heavy atom. The topological polar surface area (TPSA) is 72.8 Å². The van der Waals surface area contributed by atoms with Crippen LogP contribution in [0.3, 0.4) is 0 Å². The highest BCUT2D eigenvalue weighted by molar-refractivity contribution is 5.69. The van der Waals surface area contributed by atoms with Gasteiger partial charge in [-0.1, -0.05) is 18.9 Å². The van der Waals surface area contributed by atoms with Gasteiger partial charge in [-0.2, -0.15) is 0 Å². The number of esters is 2. The number of carbonyl (C=O) groups excluding carboxylic acids is 2. The minimum absolute atomic E-state index is 0.0223. The molecule has 5 heteroatoms. The van der Waals surface area contributed by atoms with Crippen molar-refractivity contribution in [1.29, 1.82) is 0 Å². The maximum atomic E-state index is 11.8. The Labute approximate surface area is 171 Å². The summed E-state index contributed by atoms with van der Waals surface area (Å²) in [7, 11) is 0. The van der Waals surface area contributed by atoms with Gasteiger partial charge >= 0.3 is 11.9 Å². The van der Waals surface area contributed by atoms with Crippen LogP contribution in [0.25, 0.3) is 0 Å². The fourth-order valence-corrected chi connectivity index (χ4v) is 6.54. The first-order valence-electron chi connectivity index (χ1n) is 10.4. The number of benzene rings is 1. The van der Waals surface area contributed by atoms with Gasteiger partial charge in [0.2, 0.25) is 0 Å². The molecule has 1 aromatic rings. The van der Waals surface area contributed by atoms with Crippen LogP contribution in [0.1, 0.15) is 63.5 Å². The molecule has 3 aliphatic rings. The molecule has 5 nitrogen and oxygen atoms in total. The predicted octanol–water partition coefficient (Wildman–Crippen LogP) is 3.37. The summed E-state index contributed by atoms with van der Waals surface area (Å²) in [6.07, 6.45) is 9.16. The number of terminal acetylenes is 1. The van der Waals surface area contributed by atoms with E-state index in [1.165, 1.54) is 13.8 Å². The molecule has 1 aromatic carbocycles. The highest BCUT2D eigenvalue weighted by Gasteiger charge is 2.65. The van der Waals surface area contributed by atoms with Gasteiger partial charge in [-0.05, 0) is 67.2 Å². The molecule has 0 spiro atoms. The van der Waals surface area contributed by atoms with E-state index in [4.69, 9.17) is 15.9 Å². The molecule has 3 aliphatic carbocycles. The minimum Gasteiger partial charge on any atom is -0.445 e. The van der Waals surface area contributed by atoms with Gasteiger partial charge in [0.05, 0.1) is 6.10 Å². The van der Waals surface area contributed by atoms with E-state index >= 15 is 0 Å². The van der Waals surface area contributed by atoms with Crippen molar-refractivity contribution in [3.63, 3.8) is 0 Å². The van der Waals surface area contributed by atoms with Crippen LogP contribution >= 0.6 is 0 Å². The van der Waals surface area contributed by atoms with E-state index in [9.17, 15) is 14.7 Å². The van der Waals surface area contributed by atoms with Gasteiger partial charge in [0.1, 0.15) is 5.75 Å². The number of aliphatic hydroxyl groups is 1. The second-order valence-corrected chi connectivity index (χ2v) is 9.08. The molecular formula is C24H28O5. The molecule has 0 bridgehead atoms. The van der Waals surface area contributed by atoms with Crippen molar-refractivity contribution in [2.45, 2.75) is 70.5 Å². The first kappa shape index (κ1) is 20.0. The second kappa shape index (κ2) is 6.88. The van der Waals surface area contributed by atoms with Gasteiger partial charge in [0.15, 0.2) is 5.60 Å². The monoisotopic (exact) mass is 396 g/mol. The van der Waals surface area contributed by atoms with Crippen molar-refractivity contribution in [3.05, 3.63) is 29.3 Å². The molecule has 2 saturated carbocycles. The fourth-order valence-electron chi connectivity index (χ4n) is 6.54. The second-order valence-electron chi connectivity index (χ2n) is 9.08. The molecule has 154 valence electrons. The van der Waals surface area contributed by atoms with E-state index in [1.807, 2.05) is 18.2 Å². The molecule has 1 N–H and O–H groups in total. The van der Waals surface area contributed by atoms with Crippen molar-refractivity contribution < 1.29 is 24.2 Å². The Morgan fingerprint density at radius 1 is 1.24 bits per heavy atom. The third-order valence-electron chi connectivity index (χ3n) is 7.61. The molecule has 2 fully saturated rings. The number of ether oxygens (including phenoxy) is 2. The van der Waals surface area contributed by atoms with Gasteiger partial charge in [-0.25, -0.2) is 0 Å².